The Balaban J connectivity index is 3.35. The molecule has 0 aliphatic rings. The fraction of sp³-hybridized carbons (Fsp3) is 0.500. The predicted molar refractivity (Wildman–Crippen MR) is 61.1 cm³/mol. The third-order valence-electron chi connectivity index (χ3n) is 2.87. The first-order chi connectivity index (χ1) is 7.02. The zero-order valence-electron chi connectivity index (χ0n) is 10.0. The highest BCUT2D eigenvalue weighted by atomic mass is 16.5. The van der Waals surface area contributed by atoms with Crippen molar-refractivity contribution in [2.75, 3.05) is 14.2 Å². The summed E-state index contributed by atoms with van der Waals surface area (Å²) in [6.45, 7) is 6.09. The van der Waals surface area contributed by atoms with E-state index in [1.165, 1.54) is 0 Å². The second-order valence-electron chi connectivity index (χ2n) is 3.72. The highest BCUT2D eigenvalue weighted by Gasteiger charge is 2.15. The molecule has 1 aromatic rings. The minimum absolute atomic E-state index is 0.366. The van der Waals surface area contributed by atoms with Crippen molar-refractivity contribution in [1.29, 1.82) is 0 Å². The molecule has 0 heterocycles. The Morgan fingerprint density at radius 3 is 2.20 bits per heavy atom. The Kier molecular flexibility index (Phi) is 3.72. The van der Waals surface area contributed by atoms with E-state index in [0.717, 1.165) is 28.0 Å². The van der Waals surface area contributed by atoms with Crippen LogP contribution in [-0.4, -0.2) is 14.2 Å². The van der Waals surface area contributed by atoms with E-state index in [0.29, 0.717) is 0 Å². The van der Waals surface area contributed by atoms with Crippen LogP contribution < -0.4 is 10.5 Å². The van der Waals surface area contributed by atoms with E-state index < -0.39 is 0 Å². The van der Waals surface area contributed by atoms with E-state index in [1.807, 2.05) is 26.8 Å². The van der Waals surface area contributed by atoms with Crippen molar-refractivity contribution in [3.8, 4) is 5.75 Å². The molecule has 1 aromatic carbocycles. The van der Waals surface area contributed by atoms with Crippen LogP contribution in [0.2, 0.25) is 0 Å². The maximum Gasteiger partial charge on any atom is 0.131 e. The fourth-order valence-electron chi connectivity index (χ4n) is 1.83. The largest absolute Gasteiger partial charge is 0.496 e. The molecule has 1 atom stereocenters. The van der Waals surface area contributed by atoms with Crippen LogP contribution in [0, 0.1) is 20.8 Å². The van der Waals surface area contributed by atoms with Crippen LogP contribution >= 0.6 is 0 Å². The van der Waals surface area contributed by atoms with Gasteiger partial charge < -0.3 is 15.2 Å². The summed E-state index contributed by atoms with van der Waals surface area (Å²) in [5, 5.41) is 0. The molecule has 1 rings (SSSR count). The molecule has 3 heteroatoms. The predicted octanol–water partition coefficient (Wildman–Crippen LogP) is 2.22. The van der Waals surface area contributed by atoms with E-state index in [-0.39, 0.29) is 6.23 Å². The van der Waals surface area contributed by atoms with Crippen LogP contribution in [0.15, 0.2) is 6.07 Å². The first kappa shape index (κ1) is 12.0. The van der Waals surface area contributed by atoms with Gasteiger partial charge in [0.25, 0.3) is 0 Å². The zero-order valence-corrected chi connectivity index (χ0v) is 10.0. The van der Waals surface area contributed by atoms with Crippen LogP contribution in [0.3, 0.4) is 0 Å². The summed E-state index contributed by atoms with van der Waals surface area (Å²) < 4.78 is 10.5. The van der Waals surface area contributed by atoms with Crippen LogP contribution in [0.4, 0.5) is 0 Å². The Bertz CT molecular complexity index is 361. The van der Waals surface area contributed by atoms with Gasteiger partial charge in [-0.3, -0.25) is 0 Å². The van der Waals surface area contributed by atoms with Crippen LogP contribution in [-0.2, 0) is 4.74 Å². The van der Waals surface area contributed by atoms with Crippen LogP contribution in [0.1, 0.15) is 28.5 Å². The van der Waals surface area contributed by atoms with E-state index in [2.05, 4.69) is 0 Å². The smallest absolute Gasteiger partial charge is 0.131 e. The number of rotatable bonds is 3. The Morgan fingerprint density at radius 1 is 1.13 bits per heavy atom. The molecule has 1 unspecified atom stereocenters. The molecule has 3 nitrogen and oxygen atoms in total. The normalized spacial score (nSPS) is 12.7. The number of hydrogen-bond acceptors (Lipinski definition) is 3. The molecule has 0 aromatic heterocycles. The molecule has 0 spiro atoms. The van der Waals surface area contributed by atoms with E-state index >= 15 is 0 Å². The Hall–Kier alpha value is -1.06. The standard InChI is InChI=1S/C12H19NO2/c1-7-6-10(14-4)8(2)9(3)11(7)12(13)15-5/h6,12H,13H2,1-5H3. The minimum atomic E-state index is -0.366. The van der Waals surface area contributed by atoms with Crippen molar-refractivity contribution in [1.82, 2.24) is 0 Å². The maximum absolute atomic E-state index is 5.89. The summed E-state index contributed by atoms with van der Waals surface area (Å²) in [7, 11) is 3.29. The molecule has 0 bridgehead atoms. The average molecular weight is 209 g/mol. The van der Waals surface area contributed by atoms with Gasteiger partial charge >= 0.3 is 0 Å². The molecule has 0 saturated heterocycles. The summed E-state index contributed by atoms with van der Waals surface area (Å²) in [6.07, 6.45) is -0.366. The Morgan fingerprint density at radius 2 is 1.73 bits per heavy atom. The van der Waals surface area contributed by atoms with Gasteiger partial charge in [-0.1, -0.05) is 0 Å². The molecule has 84 valence electrons. The van der Waals surface area contributed by atoms with Gasteiger partial charge in [0, 0.05) is 12.7 Å². The molecule has 15 heavy (non-hydrogen) atoms. The number of aryl methyl sites for hydroxylation is 1. The van der Waals surface area contributed by atoms with E-state index in [4.69, 9.17) is 15.2 Å². The van der Waals surface area contributed by atoms with Gasteiger partial charge in [0.05, 0.1) is 7.11 Å². The molecular weight excluding hydrogens is 190 g/mol. The third-order valence-corrected chi connectivity index (χ3v) is 2.87. The SMILES string of the molecule is COc1cc(C)c(C(N)OC)c(C)c1C. The second kappa shape index (κ2) is 4.64. The maximum atomic E-state index is 5.89. The summed E-state index contributed by atoms with van der Waals surface area (Å²) in [5.74, 6) is 0.900. The molecular formula is C12H19NO2. The molecule has 0 aliphatic heterocycles. The van der Waals surface area contributed by atoms with Crippen molar-refractivity contribution in [3.63, 3.8) is 0 Å². The minimum Gasteiger partial charge on any atom is -0.496 e. The molecule has 2 N–H and O–H groups in total. The fourth-order valence-corrected chi connectivity index (χ4v) is 1.83. The molecule has 0 saturated carbocycles. The van der Waals surface area contributed by atoms with Crippen LogP contribution in [0.25, 0.3) is 0 Å². The van der Waals surface area contributed by atoms with Crippen molar-refractivity contribution >= 4 is 0 Å². The van der Waals surface area contributed by atoms with Crippen molar-refractivity contribution in [3.05, 3.63) is 28.3 Å². The third kappa shape index (κ3) is 2.13. The van der Waals surface area contributed by atoms with Crippen molar-refractivity contribution < 1.29 is 9.47 Å². The Labute approximate surface area is 91.2 Å². The van der Waals surface area contributed by atoms with E-state index in [1.54, 1.807) is 14.2 Å². The topological polar surface area (TPSA) is 44.5 Å². The number of nitrogens with two attached hydrogens (primary N) is 1. The number of hydrogen-bond donors (Lipinski definition) is 1. The first-order valence-electron chi connectivity index (χ1n) is 4.96. The first-order valence-corrected chi connectivity index (χ1v) is 4.96. The van der Waals surface area contributed by atoms with E-state index in [9.17, 15) is 0 Å². The molecule has 0 fully saturated rings. The monoisotopic (exact) mass is 209 g/mol. The summed E-state index contributed by atoms with van der Waals surface area (Å²) in [5.41, 5.74) is 10.3. The summed E-state index contributed by atoms with van der Waals surface area (Å²) in [6, 6.07) is 2.00. The average Bonchev–Trinajstić information content (AvgIpc) is 2.23. The lowest BCUT2D eigenvalue weighted by Gasteiger charge is -2.19. The zero-order chi connectivity index (χ0) is 11.6. The van der Waals surface area contributed by atoms with Gasteiger partial charge in [-0.15, -0.1) is 0 Å². The van der Waals surface area contributed by atoms with Gasteiger partial charge in [-0.05, 0) is 43.5 Å². The lowest BCUT2D eigenvalue weighted by Crippen LogP contribution is -2.16. The highest BCUT2D eigenvalue weighted by molar-refractivity contribution is 5.48. The van der Waals surface area contributed by atoms with Gasteiger partial charge in [-0.2, -0.15) is 0 Å². The van der Waals surface area contributed by atoms with Crippen molar-refractivity contribution in [2.45, 2.75) is 27.0 Å². The summed E-state index contributed by atoms with van der Waals surface area (Å²) >= 11 is 0. The molecule has 0 aliphatic carbocycles. The second-order valence-corrected chi connectivity index (χ2v) is 3.72. The van der Waals surface area contributed by atoms with Gasteiger partial charge in [-0.25, -0.2) is 0 Å². The number of benzene rings is 1. The number of ether oxygens (including phenoxy) is 2. The lowest BCUT2D eigenvalue weighted by atomic mass is 9.96. The quantitative estimate of drug-likeness (QED) is 0.776. The summed E-state index contributed by atoms with van der Waals surface area (Å²) in [4.78, 5) is 0. The molecule has 0 radical (unpaired) electrons. The van der Waals surface area contributed by atoms with Gasteiger partial charge in [0.2, 0.25) is 0 Å². The van der Waals surface area contributed by atoms with Crippen LogP contribution in [0.5, 0.6) is 5.75 Å². The van der Waals surface area contributed by atoms with Gasteiger partial charge in [0.15, 0.2) is 0 Å². The highest BCUT2D eigenvalue weighted by Crippen LogP contribution is 2.30. The van der Waals surface area contributed by atoms with Gasteiger partial charge in [0.1, 0.15) is 12.0 Å². The lowest BCUT2D eigenvalue weighted by molar-refractivity contribution is 0.108. The number of methoxy groups -OCH3 is 2. The van der Waals surface area contributed by atoms with Crippen molar-refractivity contribution in [2.24, 2.45) is 5.73 Å². The molecule has 0 amide bonds.